The fourth-order valence-corrected chi connectivity index (χ4v) is 3.84. The van der Waals surface area contributed by atoms with Gasteiger partial charge in [0.1, 0.15) is 0 Å². The van der Waals surface area contributed by atoms with Crippen LogP contribution < -0.4 is 15.4 Å². The highest BCUT2D eigenvalue weighted by Crippen LogP contribution is 2.33. The second-order valence-electron chi connectivity index (χ2n) is 7.46. The van der Waals surface area contributed by atoms with Crippen molar-refractivity contribution in [2.75, 3.05) is 31.5 Å². The van der Waals surface area contributed by atoms with Gasteiger partial charge in [0.05, 0.1) is 5.69 Å². The predicted octanol–water partition coefficient (Wildman–Crippen LogP) is 3.93. The zero-order chi connectivity index (χ0) is 20.9. The molecule has 7 heteroatoms. The normalized spacial score (nSPS) is 17.4. The standard InChI is InChI=1S/C23H24ClN3O3/c24-18-7-2-1-6-16(18)15-21-23(29)26-19-14-17(8-9-20(19)30-21)22(28)25-10-5-13-27-11-3-4-12-27/h1-2,6-9,14-15H,3-5,10-13H2,(H,25,28)(H,26,29). The number of halogens is 1. The number of carbonyl (C=O) groups excluding carboxylic acids is 2. The summed E-state index contributed by atoms with van der Waals surface area (Å²) in [6, 6.07) is 12.2. The number of hydrogen-bond acceptors (Lipinski definition) is 4. The highest BCUT2D eigenvalue weighted by molar-refractivity contribution is 6.32. The van der Waals surface area contributed by atoms with Gasteiger partial charge < -0.3 is 20.3 Å². The molecule has 0 bridgehead atoms. The Morgan fingerprint density at radius 2 is 2.00 bits per heavy atom. The number of carbonyl (C=O) groups is 2. The molecule has 1 fully saturated rings. The maximum Gasteiger partial charge on any atom is 0.291 e. The lowest BCUT2D eigenvalue weighted by atomic mass is 10.1. The SMILES string of the molecule is O=C1Nc2cc(C(=O)NCCCN3CCCC3)ccc2OC1=Cc1ccccc1Cl. The number of nitrogens with one attached hydrogen (secondary N) is 2. The first-order valence-corrected chi connectivity index (χ1v) is 10.6. The van der Waals surface area contributed by atoms with Gasteiger partial charge in [-0.2, -0.15) is 0 Å². The Hall–Kier alpha value is -2.83. The van der Waals surface area contributed by atoms with Crippen LogP contribution in [0, 0.1) is 0 Å². The summed E-state index contributed by atoms with van der Waals surface area (Å²) >= 11 is 6.16. The number of fused-ring (bicyclic) bond motifs is 1. The molecule has 0 aromatic heterocycles. The smallest absolute Gasteiger partial charge is 0.291 e. The molecular formula is C23H24ClN3O3. The molecule has 156 valence electrons. The molecule has 0 unspecified atom stereocenters. The van der Waals surface area contributed by atoms with Crippen LogP contribution in [0.2, 0.25) is 5.02 Å². The lowest BCUT2D eigenvalue weighted by molar-refractivity contribution is -0.115. The van der Waals surface area contributed by atoms with Crippen molar-refractivity contribution in [2.24, 2.45) is 0 Å². The van der Waals surface area contributed by atoms with E-state index in [2.05, 4.69) is 15.5 Å². The Kier molecular flexibility index (Phi) is 6.35. The monoisotopic (exact) mass is 425 g/mol. The molecule has 2 aliphatic heterocycles. The highest BCUT2D eigenvalue weighted by atomic mass is 35.5. The Labute approximate surface area is 180 Å². The van der Waals surface area contributed by atoms with E-state index in [1.807, 2.05) is 12.1 Å². The molecular weight excluding hydrogens is 402 g/mol. The van der Waals surface area contributed by atoms with Crippen LogP contribution in [0.1, 0.15) is 35.2 Å². The number of hydrogen-bond donors (Lipinski definition) is 2. The van der Waals surface area contributed by atoms with Crippen LogP contribution in [0.25, 0.3) is 6.08 Å². The summed E-state index contributed by atoms with van der Waals surface area (Å²) in [5.41, 5.74) is 1.65. The van der Waals surface area contributed by atoms with E-state index in [0.717, 1.165) is 26.1 Å². The molecule has 6 nitrogen and oxygen atoms in total. The van der Waals surface area contributed by atoms with Crippen LogP contribution in [0.4, 0.5) is 5.69 Å². The zero-order valence-electron chi connectivity index (χ0n) is 16.6. The molecule has 2 aromatic carbocycles. The number of amides is 2. The van der Waals surface area contributed by atoms with Gasteiger partial charge in [0.2, 0.25) is 0 Å². The average Bonchev–Trinajstić information content (AvgIpc) is 3.26. The number of rotatable bonds is 6. The van der Waals surface area contributed by atoms with E-state index in [9.17, 15) is 9.59 Å². The fraction of sp³-hybridized carbons (Fsp3) is 0.304. The highest BCUT2D eigenvalue weighted by Gasteiger charge is 2.23. The van der Waals surface area contributed by atoms with Gasteiger partial charge in [-0.05, 0) is 74.8 Å². The minimum absolute atomic E-state index is 0.148. The van der Waals surface area contributed by atoms with E-state index in [-0.39, 0.29) is 17.6 Å². The van der Waals surface area contributed by atoms with Crippen LogP contribution in [0.3, 0.4) is 0 Å². The van der Waals surface area contributed by atoms with Crippen molar-refractivity contribution in [1.82, 2.24) is 10.2 Å². The number of likely N-dealkylation sites (tertiary alicyclic amines) is 1. The second-order valence-corrected chi connectivity index (χ2v) is 7.86. The fourth-order valence-electron chi connectivity index (χ4n) is 3.65. The molecule has 0 atom stereocenters. The maximum absolute atomic E-state index is 12.4. The van der Waals surface area contributed by atoms with E-state index >= 15 is 0 Å². The van der Waals surface area contributed by atoms with Crippen LogP contribution in [-0.4, -0.2) is 42.9 Å². The van der Waals surface area contributed by atoms with Crippen molar-refractivity contribution in [3.8, 4) is 5.75 Å². The molecule has 2 amide bonds. The van der Waals surface area contributed by atoms with Crippen molar-refractivity contribution in [3.05, 3.63) is 64.4 Å². The van der Waals surface area contributed by atoms with E-state index in [1.165, 1.54) is 12.8 Å². The van der Waals surface area contributed by atoms with Gasteiger partial charge in [-0.15, -0.1) is 0 Å². The second kappa shape index (κ2) is 9.32. The Morgan fingerprint density at radius 1 is 1.20 bits per heavy atom. The summed E-state index contributed by atoms with van der Waals surface area (Å²) in [4.78, 5) is 27.3. The molecule has 2 aromatic rings. The van der Waals surface area contributed by atoms with E-state index in [1.54, 1.807) is 36.4 Å². The van der Waals surface area contributed by atoms with Crippen molar-refractivity contribution in [3.63, 3.8) is 0 Å². The minimum atomic E-state index is -0.384. The van der Waals surface area contributed by atoms with Crippen LogP contribution in [0.5, 0.6) is 5.75 Å². The van der Waals surface area contributed by atoms with Gasteiger partial charge >= 0.3 is 0 Å². The quantitative estimate of drug-likeness (QED) is 0.543. The number of ether oxygens (including phenoxy) is 1. The third-order valence-electron chi connectivity index (χ3n) is 5.26. The molecule has 0 aliphatic carbocycles. The van der Waals surface area contributed by atoms with Crippen LogP contribution in [0.15, 0.2) is 48.2 Å². The maximum atomic E-state index is 12.4. The van der Waals surface area contributed by atoms with Crippen molar-refractivity contribution in [2.45, 2.75) is 19.3 Å². The molecule has 0 radical (unpaired) electrons. The zero-order valence-corrected chi connectivity index (χ0v) is 17.4. The summed E-state index contributed by atoms with van der Waals surface area (Å²) < 4.78 is 5.75. The van der Waals surface area contributed by atoms with Crippen molar-refractivity contribution >= 4 is 35.2 Å². The van der Waals surface area contributed by atoms with Crippen LogP contribution in [-0.2, 0) is 4.79 Å². The van der Waals surface area contributed by atoms with E-state index in [0.29, 0.717) is 34.1 Å². The topological polar surface area (TPSA) is 70.7 Å². The van der Waals surface area contributed by atoms with Crippen LogP contribution >= 0.6 is 11.6 Å². The average molecular weight is 426 g/mol. The van der Waals surface area contributed by atoms with Gasteiger partial charge in [0, 0.05) is 17.1 Å². The molecule has 2 N–H and O–H groups in total. The minimum Gasteiger partial charge on any atom is -0.449 e. The van der Waals surface area contributed by atoms with E-state index < -0.39 is 0 Å². The summed E-state index contributed by atoms with van der Waals surface area (Å²) in [6.45, 7) is 3.95. The lowest BCUT2D eigenvalue weighted by Gasteiger charge is -2.20. The van der Waals surface area contributed by atoms with Gasteiger partial charge in [0.15, 0.2) is 11.5 Å². The summed E-state index contributed by atoms with van der Waals surface area (Å²) in [7, 11) is 0. The van der Waals surface area contributed by atoms with Crippen molar-refractivity contribution < 1.29 is 14.3 Å². The third-order valence-corrected chi connectivity index (χ3v) is 5.61. The molecule has 2 heterocycles. The van der Waals surface area contributed by atoms with Crippen molar-refractivity contribution in [1.29, 1.82) is 0 Å². The molecule has 0 spiro atoms. The Balaban J connectivity index is 1.38. The summed E-state index contributed by atoms with van der Waals surface area (Å²) in [5.74, 6) is 0.0877. The number of nitrogens with zero attached hydrogens (tertiary/aromatic N) is 1. The Morgan fingerprint density at radius 3 is 2.80 bits per heavy atom. The van der Waals surface area contributed by atoms with Gasteiger partial charge in [-0.3, -0.25) is 9.59 Å². The molecule has 2 aliphatic rings. The molecule has 0 saturated carbocycles. The number of benzene rings is 2. The number of anilines is 1. The first-order chi connectivity index (χ1) is 14.6. The first kappa shape index (κ1) is 20.4. The largest absolute Gasteiger partial charge is 0.449 e. The lowest BCUT2D eigenvalue weighted by Crippen LogP contribution is -2.29. The Bertz CT molecular complexity index is 983. The van der Waals surface area contributed by atoms with E-state index in [4.69, 9.17) is 16.3 Å². The third kappa shape index (κ3) is 4.83. The molecule has 1 saturated heterocycles. The molecule has 30 heavy (non-hydrogen) atoms. The summed E-state index contributed by atoms with van der Waals surface area (Å²) in [5, 5.41) is 6.26. The first-order valence-electron chi connectivity index (χ1n) is 10.2. The summed E-state index contributed by atoms with van der Waals surface area (Å²) in [6.07, 6.45) is 5.06. The predicted molar refractivity (Wildman–Crippen MR) is 118 cm³/mol. The van der Waals surface area contributed by atoms with Gasteiger partial charge in [-0.25, -0.2) is 0 Å². The van der Waals surface area contributed by atoms with Gasteiger partial charge in [-0.1, -0.05) is 29.8 Å². The van der Waals surface area contributed by atoms with Gasteiger partial charge in [0.25, 0.3) is 11.8 Å². The molecule has 4 rings (SSSR count).